The van der Waals surface area contributed by atoms with Gasteiger partial charge in [0.05, 0.1) is 5.56 Å². The zero-order chi connectivity index (χ0) is 23.3. The van der Waals surface area contributed by atoms with Crippen molar-refractivity contribution in [1.82, 2.24) is 5.32 Å². The fraction of sp³-hybridized carbons (Fsp3) is 0.692. The van der Waals surface area contributed by atoms with E-state index in [1.54, 1.807) is 0 Å². The molecular formula is C26H43N3O3. The molecule has 0 radical (unpaired) electrons. The summed E-state index contributed by atoms with van der Waals surface area (Å²) in [5, 5.41) is 6.09. The van der Waals surface area contributed by atoms with Crippen molar-refractivity contribution < 1.29 is 14.3 Å². The molecule has 1 aliphatic heterocycles. The first-order chi connectivity index (χ1) is 15.5. The second-order valence-corrected chi connectivity index (χ2v) is 8.94. The van der Waals surface area contributed by atoms with E-state index in [1.165, 1.54) is 0 Å². The number of nitrogens with zero attached hydrogens (tertiary/aromatic N) is 1. The summed E-state index contributed by atoms with van der Waals surface area (Å²) in [5.74, 6) is 0.677. The molecule has 0 saturated carbocycles. The highest BCUT2D eigenvalue weighted by molar-refractivity contribution is 6.02. The third kappa shape index (κ3) is 8.12. The minimum absolute atomic E-state index is 0.00838. The second-order valence-electron chi connectivity index (χ2n) is 8.94. The molecule has 180 valence electrons. The summed E-state index contributed by atoms with van der Waals surface area (Å²) in [4.78, 5) is 28.2. The van der Waals surface area contributed by atoms with Crippen LogP contribution in [0.25, 0.3) is 0 Å². The van der Waals surface area contributed by atoms with Gasteiger partial charge in [0, 0.05) is 50.1 Å². The van der Waals surface area contributed by atoms with Gasteiger partial charge in [0.1, 0.15) is 0 Å². The van der Waals surface area contributed by atoms with Crippen molar-refractivity contribution in [2.24, 2.45) is 11.8 Å². The molecule has 0 aromatic heterocycles. The van der Waals surface area contributed by atoms with Crippen LogP contribution in [0.4, 0.5) is 11.4 Å². The van der Waals surface area contributed by atoms with Crippen molar-refractivity contribution >= 4 is 23.2 Å². The summed E-state index contributed by atoms with van der Waals surface area (Å²) < 4.78 is 5.37. The van der Waals surface area contributed by atoms with E-state index in [2.05, 4.69) is 36.3 Å². The van der Waals surface area contributed by atoms with Crippen LogP contribution in [-0.2, 0) is 9.53 Å². The van der Waals surface area contributed by atoms with Gasteiger partial charge in [-0.2, -0.15) is 0 Å². The zero-order valence-electron chi connectivity index (χ0n) is 20.5. The summed E-state index contributed by atoms with van der Waals surface area (Å²) in [7, 11) is 0. The monoisotopic (exact) mass is 445 g/mol. The van der Waals surface area contributed by atoms with Crippen LogP contribution in [0.2, 0.25) is 0 Å². The van der Waals surface area contributed by atoms with Gasteiger partial charge < -0.3 is 20.3 Å². The highest BCUT2D eigenvalue weighted by Gasteiger charge is 2.22. The van der Waals surface area contributed by atoms with E-state index < -0.39 is 0 Å². The van der Waals surface area contributed by atoms with Gasteiger partial charge in [0.15, 0.2) is 0 Å². The molecule has 1 fully saturated rings. The van der Waals surface area contributed by atoms with E-state index in [9.17, 15) is 9.59 Å². The lowest BCUT2D eigenvalue weighted by Gasteiger charge is -2.33. The lowest BCUT2D eigenvalue weighted by atomic mass is 9.97. The highest BCUT2D eigenvalue weighted by Crippen LogP contribution is 2.29. The van der Waals surface area contributed by atoms with Gasteiger partial charge in [0.25, 0.3) is 5.91 Å². The minimum atomic E-state index is -0.0933. The van der Waals surface area contributed by atoms with E-state index in [0.717, 1.165) is 69.6 Å². The van der Waals surface area contributed by atoms with Gasteiger partial charge in [-0.15, -0.1) is 0 Å². The number of nitrogens with one attached hydrogen (secondary N) is 2. The first-order valence-corrected chi connectivity index (χ1v) is 12.6. The standard InChI is InChI=1S/C26H43N3O3/c1-5-8-10-21(6-2)25(30)28-22-11-12-24(29-16-13-20(4)14-17-29)23(19-22)26(31)27-15-9-18-32-7-3/h11-12,19-21H,5-10,13-18H2,1-4H3,(H,27,31)(H,28,30). The van der Waals surface area contributed by atoms with Crippen LogP contribution in [-0.4, -0.2) is 44.7 Å². The number of ether oxygens (including phenoxy) is 1. The highest BCUT2D eigenvalue weighted by atomic mass is 16.5. The number of piperidine rings is 1. The molecule has 32 heavy (non-hydrogen) atoms. The molecular weight excluding hydrogens is 402 g/mol. The molecule has 1 aromatic rings. The van der Waals surface area contributed by atoms with Crippen molar-refractivity contribution in [3.63, 3.8) is 0 Å². The Hall–Kier alpha value is -2.08. The normalized spacial score (nSPS) is 15.4. The molecule has 0 aliphatic carbocycles. The maximum atomic E-state index is 13.1. The molecule has 1 aliphatic rings. The van der Waals surface area contributed by atoms with Gasteiger partial charge in [-0.25, -0.2) is 0 Å². The SMILES string of the molecule is CCCCC(CC)C(=O)Nc1ccc(N2CCC(C)CC2)c(C(=O)NCCCOCC)c1. The fourth-order valence-corrected chi connectivity index (χ4v) is 4.15. The number of carbonyl (C=O) groups is 2. The van der Waals surface area contributed by atoms with Crippen LogP contribution in [0.5, 0.6) is 0 Å². The number of unbranched alkanes of at least 4 members (excludes halogenated alkanes) is 1. The van der Waals surface area contributed by atoms with Gasteiger partial charge in [-0.3, -0.25) is 9.59 Å². The first kappa shape index (κ1) is 26.2. The van der Waals surface area contributed by atoms with Gasteiger partial charge >= 0.3 is 0 Å². The van der Waals surface area contributed by atoms with E-state index in [-0.39, 0.29) is 17.7 Å². The summed E-state index contributed by atoms with van der Waals surface area (Å²) in [6.45, 7) is 12.2. The average Bonchev–Trinajstić information content (AvgIpc) is 2.80. The Labute approximate surface area is 194 Å². The van der Waals surface area contributed by atoms with Crippen molar-refractivity contribution in [3.8, 4) is 0 Å². The third-order valence-electron chi connectivity index (χ3n) is 6.36. The maximum absolute atomic E-state index is 13.1. The quantitative estimate of drug-likeness (QED) is 0.408. The molecule has 6 heteroatoms. The van der Waals surface area contributed by atoms with E-state index in [0.29, 0.717) is 31.0 Å². The Morgan fingerprint density at radius 2 is 1.91 bits per heavy atom. The molecule has 0 spiro atoms. The molecule has 1 unspecified atom stereocenters. The van der Waals surface area contributed by atoms with Gasteiger partial charge in [-0.1, -0.05) is 33.6 Å². The van der Waals surface area contributed by atoms with Crippen LogP contribution in [0.15, 0.2) is 18.2 Å². The molecule has 1 saturated heterocycles. The molecule has 0 bridgehead atoms. The predicted molar refractivity (Wildman–Crippen MR) is 132 cm³/mol. The zero-order valence-corrected chi connectivity index (χ0v) is 20.5. The van der Waals surface area contributed by atoms with Crippen LogP contribution in [0.1, 0.15) is 83.0 Å². The Bertz CT molecular complexity index is 714. The van der Waals surface area contributed by atoms with Crippen molar-refractivity contribution in [1.29, 1.82) is 0 Å². The number of amides is 2. The van der Waals surface area contributed by atoms with Crippen molar-refractivity contribution in [3.05, 3.63) is 23.8 Å². The Kier molecular flexibility index (Phi) is 11.6. The number of anilines is 2. The summed E-state index contributed by atoms with van der Waals surface area (Å²) in [6.07, 6.45) is 6.89. The number of hydrogen-bond acceptors (Lipinski definition) is 4. The molecule has 2 N–H and O–H groups in total. The Balaban J connectivity index is 2.15. The van der Waals surface area contributed by atoms with E-state index >= 15 is 0 Å². The lowest BCUT2D eigenvalue weighted by molar-refractivity contribution is -0.120. The first-order valence-electron chi connectivity index (χ1n) is 12.6. The lowest BCUT2D eigenvalue weighted by Crippen LogP contribution is -2.35. The molecule has 6 nitrogen and oxygen atoms in total. The van der Waals surface area contributed by atoms with Crippen LogP contribution < -0.4 is 15.5 Å². The van der Waals surface area contributed by atoms with E-state index in [1.807, 2.05) is 25.1 Å². The maximum Gasteiger partial charge on any atom is 0.253 e. The number of hydrogen-bond donors (Lipinski definition) is 2. The Morgan fingerprint density at radius 1 is 1.16 bits per heavy atom. The topological polar surface area (TPSA) is 70.7 Å². The smallest absolute Gasteiger partial charge is 0.253 e. The Morgan fingerprint density at radius 3 is 2.56 bits per heavy atom. The molecule has 1 atom stereocenters. The number of benzene rings is 1. The van der Waals surface area contributed by atoms with Crippen LogP contribution in [0, 0.1) is 11.8 Å². The number of carbonyl (C=O) groups excluding carboxylic acids is 2. The minimum Gasteiger partial charge on any atom is -0.382 e. The largest absolute Gasteiger partial charge is 0.382 e. The average molecular weight is 446 g/mol. The third-order valence-corrected chi connectivity index (χ3v) is 6.36. The van der Waals surface area contributed by atoms with Crippen molar-refractivity contribution in [2.45, 2.75) is 72.6 Å². The molecule has 2 rings (SSSR count). The van der Waals surface area contributed by atoms with Crippen molar-refractivity contribution in [2.75, 3.05) is 43.1 Å². The molecule has 2 amide bonds. The van der Waals surface area contributed by atoms with Crippen LogP contribution >= 0.6 is 0 Å². The predicted octanol–water partition coefficient (Wildman–Crippen LogP) is 5.23. The second kappa shape index (κ2) is 14.1. The number of rotatable bonds is 13. The van der Waals surface area contributed by atoms with E-state index in [4.69, 9.17) is 4.74 Å². The summed E-state index contributed by atoms with van der Waals surface area (Å²) >= 11 is 0. The summed E-state index contributed by atoms with van der Waals surface area (Å²) in [6, 6.07) is 5.77. The van der Waals surface area contributed by atoms with Gasteiger partial charge in [0.2, 0.25) is 5.91 Å². The fourth-order valence-electron chi connectivity index (χ4n) is 4.15. The molecule has 1 aromatic carbocycles. The molecule has 1 heterocycles. The van der Waals surface area contributed by atoms with Gasteiger partial charge in [-0.05, 0) is 63.1 Å². The summed E-state index contributed by atoms with van der Waals surface area (Å²) in [5.41, 5.74) is 2.28. The van der Waals surface area contributed by atoms with Crippen LogP contribution in [0.3, 0.4) is 0 Å².